The molecule has 1 saturated heterocycles. The molecule has 3 nitrogen and oxygen atoms in total. The molecule has 1 aliphatic heterocycles. The van der Waals surface area contributed by atoms with Crippen LogP contribution in [0.4, 0.5) is 0 Å². The number of carbonyl (C=O) groups is 1. The van der Waals surface area contributed by atoms with Gasteiger partial charge in [-0.25, -0.2) is 0 Å². The third-order valence-electron chi connectivity index (χ3n) is 2.66. The van der Waals surface area contributed by atoms with Gasteiger partial charge < -0.3 is 10.0 Å². The Balaban J connectivity index is 2.13. The fourth-order valence-electron chi connectivity index (χ4n) is 1.68. The molecule has 2 rings (SSSR count). The van der Waals surface area contributed by atoms with Crippen LogP contribution in [-0.4, -0.2) is 35.6 Å². The summed E-state index contributed by atoms with van der Waals surface area (Å²) in [4.78, 5) is 13.8. The third kappa shape index (κ3) is 2.41. The van der Waals surface area contributed by atoms with Crippen LogP contribution in [-0.2, 0) is 0 Å². The zero-order valence-corrected chi connectivity index (χ0v) is 12.2. The molecule has 0 unspecified atom stereocenters. The fraction of sp³-hybridized carbons (Fsp3) is 0.364. The summed E-state index contributed by atoms with van der Waals surface area (Å²) in [7, 11) is 0. The van der Waals surface area contributed by atoms with Gasteiger partial charge in [0.05, 0.1) is 5.56 Å². The van der Waals surface area contributed by atoms with E-state index in [1.54, 1.807) is 4.90 Å². The van der Waals surface area contributed by atoms with Crippen LogP contribution in [0, 0.1) is 9.49 Å². The van der Waals surface area contributed by atoms with Crippen LogP contribution in [0.15, 0.2) is 22.7 Å². The van der Waals surface area contributed by atoms with Crippen molar-refractivity contribution in [3.8, 4) is 0 Å². The molecule has 86 valence electrons. The first kappa shape index (κ1) is 12.3. The Hall–Kier alpha value is -0.140. The van der Waals surface area contributed by atoms with E-state index >= 15 is 0 Å². The Bertz CT molecular complexity index is 418. The van der Waals surface area contributed by atoms with Gasteiger partial charge in [0.15, 0.2) is 0 Å². The van der Waals surface area contributed by atoms with E-state index in [9.17, 15) is 4.79 Å². The molecule has 1 aliphatic rings. The molecule has 16 heavy (non-hydrogen) atoms. The monoisotopic (exact) mass is 395 g/mol. The van der Waals surface area contributed by atoms with Crippen molar-refractivity contribution in [3.63, 3.8) is 0 Å². The Kier molecular flexibility index (Phi) is 3.86. The van der Waals surface area contributed by atoms with Crippen molar-refractivity contribution < 1.29 is 9.90 Å². The molecule has 0 saturated carbocycles. The normalized spacial score (nSPS) is 16.1. The lowest BCUT2D eigenvalue weighted by molar-refractivity contribution is 0.0361. The second kappa shape index (κ2) is 5.01. The first-order valence-corrected chi connectivity index (χ1v) is 6.84. The van der Waals surface area contributed by atoms with Gasteiger partial charge in [0, 0.05) is 33.7 Å². The van der Waals surface area contributed by atoms with Gasteiger partial charge in [-0.05, 0) is 56.7 Å². The minimum atomic E-state index is 0.0371. The summed E-state index contributed by atoms with van der Waals surface area (Å²) in [5.41, 5.74) is 0.697. The predicted octanol–water partition coefficient (Wildman–Crippen LogP) is 2.12. The van der Waals surface area contributed by atoms with Crippen LogP contribution < -0.4 is 0 Å². The largest absolute Gasteiger partial charge is 0.396 e. The van der Waals surface area contributed by atoms with Crippen molar-refractivity contribution in [2.45, 2.75) is 0 Å². The molecule has 0 spiro atoms. The smallest absolute Gasteiger partial charge is 0.255 e. The van der Waals surface area contributed by atoms with Gasteiger partial charge in [-0.1, -0.05) is 0 Å². The van der Waals surface area contributed by atoms with E-state index in [4.69, 9.17) is 5.11 Å². The summed E-state index contributed by atoms with van der Waals surface area (Å²) in [5.74, 6) is 0.292. The number of hydrogen-bond donors (Lipinski definition) is 1. The van der Waals surface area contributed by atoms with Crippen molar-refractivity contribution in [1.29, 1.82) is 0 Å². The Labute approximate surface area is 116 Å². The minimum Gasteiger partial charge on any atom is -0.396 e. The lowest BCUT2D eigenvalue weighted by Crippen LogP contribution is -2.51. The fourth-order valence-corrected chi connectivity index (χ4v) is 2.59. The molecule has 0 radical (unpaired) electrons. The van der Waals surface area contributed by atoms with Crippen molar-refractivity contribution in [3.05, 3.63) is 31.8 Å². The molecule has 1 heterocycles. The second-order valence-corrected chi connectivity index (χ2v) is 5.98. The van der Waals surface area contributed by atoms with Crippen molar-refractivity contribution in [2.24, 2.45) is 5.92 Å². The molecule has 0 atom stereocenters. The second-order valence-electron chi connectivity index (χ2n) is 3.88. The topological polar surface area (TPSA) is 40.5 Å². The Morgan fingerprint density at radius 3 is 2.88 bits per heavy atom. The summed E-state index contributed by atoms with van der Waals surface area (Å²) in [6.45, 7) is 1.48. The first-order chi connectivity index (χ1) is 7.61. The predicted molar refractivity (Wildman–Crippen MR) is 73.3 cm³/mol. The number of aliphatic hydroxyl groups is 1. The van der Waals surface area contributed by atoms with Gasteiger partial charge in [0.2, 0.25) is 0 Å². The van der Waals surface area contributed by atoms with E-state index in [-0.39, 0.29) is 18.4 Å². The summed E-state index contributed by atoms with van der Waals surface area (Å²) >= 11 is 5.57. The molecule has 5 heteroatoms. The van der Waals surface area contributed by atoms with Crippen molar-refractivity contribution in [1.82, 2.24) is 4.90 Å². The minimum absolute atomic E-state index is 0.0371. The number of halogens is 2. The SMILES string of the molecule is O=C(c1cc(I)ccc1Br)N1CC(CO)C1. The number of hydrogen-bond acceptors (Lipinski definition) is 2. The van der Waals surface area contributed by atoms with Gasteiger partial charge in [-0.3, -0.25) is 4.79 Å². The van der Waals surface area contributed by atoms with Crippen LogP contribution in [0.25, 0.3) is 0 Å². The van der Waals surface area contributed by atoms with Crippen molar-refractivity contribution >= 4 is 44.4 Å². The number of likely N-dealkylation sites (tertiary alicyclic amines) is 1. The standard InChI is InChI=1S/C11H11BrINO2/c12-10-2-1-8(13)3-9(10)11(16)14-4-7(5-14)6-15/h1-3,7,15H,4-6H2. The Morgan fingerprint density at radius 1 is 1.56 bits per heavy atom. The number of amides is 1. The summed E-state index contributed by atoms with van der Waals surface area (Å²) in [6.07, 6.45) is 0. The van der Waals surface area contributed by atoms with E-state index in [0.29, 0.717) is 18.7 Å². The molecule has 0 aromatic heterocycles. The first-order valence-electron chi connectivity index (χ1n) is 4.97. The zero-order chi connectivity index (χ0) is 11.7. The zero-order valence-electron chi connectivity index (χ0n) is 8.49. The Morgan fingerprint density at radius 2 is 2.25 bits per heavy atom. The quantitative estimate of drug-likeness (QED) is 0.779. The van der Waals surface area contributed by atoms with Crippen LogP contribution in [0.3, 0.4) is 0 Å². The molecule has 1 fully saturated rings. The maximum Gasteiger partial charge on any atom is 0.255 e. The van der Waals surface area contributed by atoms with Crippen LogP contribution in [0.2, 0.25) is 0 Å². The van der Waals surface area contributed by atoms with Gasteiger partial charge in [-0.15, -0.1) is 0 Å². The molecule has 0 aliphatic carbocycles. The van der Waals surface area contributed by atoms with Gasteiger partial charge in [0.25, 0.3) is 5.91 Å². The van der Waals surface area contributed by atoms with Crippen LogP contribution in [0.5, 0.6) is 0 Å². The van der Waals surface area contributed by atoms with E-state index in [0.717, 1.165) is 8.04 Å². The maximum atomic E-state index is 12.1. The molecular formula is C11H11BrINO2. The highest BCUT2D eigenvalue weighted by atomic mass is 127. The third-order valence-corrected chi connectivity index (χ3v) is 4.02. The lowest BCUT2D eigenvalue weighted by Gasteiger charge is -2.38. The van der Waals surface area contributed by atoms with E-state index < -0.39 is 0 Å². The average molecular weight is 396 g/mol. The maximum absolute atomic E-state index is 12.1. The number of nitrogens with zero attached hydrogens (tertiary/aromatic N) is 1. The molecule has 1 amide bonds. The molecule has 0 bridgehead atoms. The highest BCUT2D eigenvalue weighted by molar-refractivity contribution is 14.1. The van der Waals surface area contributed by atoms with Crippen LogP contribution in [0.1, 0.15) is 10.4 Å². The average Bonchev–Trinajstić information content (AvgIpc) is 2.20. The summed E-state index contributed by atoms with van der Waals surface area (Å²) in [6, 6.07) is 5.71. The molecule has 1 N–H and O–H groups in total. The summed E-state index contributed by atoms with van der Waals surface area (Å²) < 4.78 is 1.87. The number of carbonyl (C=O) groups excluding carboxylic acids is 1. The highest BCUT2D eigenvalue weighted by Crippen LogP contribution is 2.24. The lowest BCUT2D eigenvalue weighted by atomic mass is 10.00. The molecular weight excluding hydrogens is 385 g/mol. The number of benzene rings is 1. The number of rotatable bonds is 2. The summed E-state index contributed by atoms with van der Waals surface area (Å²) in [5, 5.41) is 8.91. The van der Waals surface area contributed by atoms with E-state index in [1.807, 2.05) is 18.2 Å². The highest BCUT2D eigenvalue weighted by Gasteiger charge is 2.31. The van der Waals surface area contributed by atoms with Gasteiger partial charge in [0.1, 0.15) is 0 Å². The molecule has 1 aromatic carbocycles. The molecule has 1 aromatic rings. The van der Waals surface area contributed by atoms with Gasteiger partial charge in [-0.2, -0.15) is 0 Å². The van der Waals surface area contributed by atoms with E-state index in [2.05, 4.69) is 38.5 Å². The van der Waals surface area contributed by atoms with Gasteiger partial charge >= 0.3 is 0 Å². The van der Waals surface area contributed by atoms with E-state index in [1.165, 1.54) is 0 Å². The number of aliphatic hydroxyl groups excluding tert-OH is 1. The van der Waals surface area contributed by atoms with Crippen molar-refractivity contribution in [2.75, 3.05) is 19.7 Å². The van der Waals surface area contributed by atoms with Crippen LogP contribution >= 0.6 is 38.5 Å².